The van der Waals surface area contributed by atoms with Gasteiger partial charge in [0.1, 0.15) is 11.3 Å². The summed E-state index contributed by atoms with van der Waals surface area (Å²) in [6.07, 6.45) is 4.05. The van der Waals surface area contributed by atoms with Gasteiger partial charge in [0.05, 0.1) is 16.8 Å². The van der Waals surface area contributed by atoms with Crippen molar-refractivity contribution in [2.75, 3.05) is 5.73 Å². The van der Waals surface area contributed by atoms with Crippen molar-refractivity contribution in [2.24, 2.45) is 0 Å². The number of hydrogen-bond donors (Lipinski definition) is 3. The molecule has 2 aromatic heterocycles. The summed E-state index contributed by atoms with van der Waals surface area (Å²) in [6.45, 7) is 3.82. The van der Waals surface area contributed by atoms with Crippen LogP contribution < -0.4 is 16.6 Å². The van der Waals surface area contributed by atoms with Crippen LogP contribution in [0.5, 0.6) is 0 Å². The van der Waals surface area contributed by atoms with E-state index in [2.05, 4.69) is 15.5 Å². The zero-order valence-corrected chi connectivity index (χ0v) is 19.7. The van der Waals surface area contributed by atoms with Crippen molar-refractivity contribution >= 4 is 22.6 Å². The molecule has 180 valence electrons. The van der Waals surface area contributed by atoms with Gasteiger partial charge in [-0.25, -0.2) is 14.2 Å². The highest BCUT2D eigenvalue weighted by molar-refractivity contribution is 5.95. The third-order valence-electron chi connectivity index (χ3n) is 6.76. The van der Waals surface area contributed by atoms with Crippen molar-refractivity contribution in [3.8, 4) is 5.69 Å². The molecule has 4 aromatic rings. The van der Waals surface area contributed by atoms with E-state index >= 15 is 4.39 Å². The number of anilines is 1. The van der Waals surface area contributed by atoms with Crippen LogP contribution in [0, 0.1) is 19.7 Å². The molecule has 2 heterocycles. The van der Waals surface area contributed by atoms with Gasteiger partial charge in [-0.3, -0.25) is 9.59 Å². The molecule has 0 atom stereocenters. The molecule has 0 spiro atoms. The Kier molecular flexibility index (Phi) is 5.84. The fraction of sp³-hybridized carbons (Fsp3) is 0.308. The molecule has 4 N–H and O–H groups in total. The number of H-pyrrole nitrogens is 1. The van der Waals surface area contributed by atoms with E-state index in [1.807, 2.05) is 32.0 Å². The predicted octanol–water partition coefficient (Wildman–Crippen LogP) is 4.03. The minimum Gasteiger partial charge on any atom is -0.380 e. The number of carbonyl (C=O) groups excluding carboxylic acids is 1. The molecule has 2 aromatic carbocycles. The number of nitrogens with zero attached hydrogens (tertiary/aromatic N) is 3. The minimum atomic E-state index is -0.494. The third kappa shape index (κ3) is 4.18. The average molecular weight is 475 g/mol. The average Bonchev–Trinajstić information content (AvgIpc) is 3.51. The normalized spacial score (nSPS) is 14.0. The lowest BCUT2D eigenvalue weighted by atomic mass is 10.0. The molecule has 1 fully saturated rings. The summed E-state index contributed by atoms with van der Waals surface area (Å²) >= 11 is 0. The Balaban J connectivity index is 1.46. The molecule has 0 saturated heterocycles. The second-order valence-corrected chi connectivity index (χ2v) is 9.22. The van der Waals surface area contributed by atoms with Crippen molar-refractivity contribution in [1.29, 1.82) is 0 Å². The second-order valence-electron chi connectivity index (χ2n) is 9.22. The molecule has 8 nitrogen and oxygen atoms in total. The first-order valence-electron chi connectivity index (χ1n) is 11.7. The van der Waals surface area contributed by atoms with Crippen LogP contribution in [0.3, 0.4) is 0 Å². The highest BCUT2D eigenvalue weighted by Gasteiger charge is 2.27. The Hall–Kier alpha value is -4.01. The monoisotopic (exact) mass is 474 g/mol. The molecular weight excluding hydrogens is 447 g/mol. The molecule has 0 aliphatic heterocycles. The van der Waals surface area contributed by atoms with Gasteiger partial charge in [-0.1, -0.05) is 36.6 Å². The summed E-state index contributed by atoms with van der Waals surface area (Å²) in [5, 5.41) is 14.3. The number of aromatic amines is 1. The minimum absolute atomic E-state index is 0.0366. The zero-order chi connectivity index (χ0) is 24.7. The largest absolute Gasteiger partial charge is 0.380 e. The fourth-order valence-corrected chi connectivity index (χ4v) is 4.85. The number of nitrogens with two attached hydrogens (primary N) is 1. The summed E-state index contributed by atoms with van der Waals surface area (Å²) in [5.74, 6) is -0.467. The van der Waals surface area contributed by atoms with Gasteiger partial charge in [0.15, 0.2) is 5.82 Å². The van der Waals surface area contributed by atoms with Gasteiger partial charge in [-0.05, 0) is 50.5 Å². The number of halogens is 1. The van der Waals surface area contributed by atoms with Crippen LogP contribution in [0.25, 0.3) is 16.6 Å². The Labute approximate surface area is 201 Å². The SMILES string of the molecule is Cc1ccc(C)c(C(=O)NCc2ccc(-n3nc(C4CCCC4)c4c(=O)[nH]nc(N)c43)cc2F)c1. The zero-order valence-electron chi connectivity index (χ0n) is 19.7. The van der Waals surface area contributed by atoms with Crippen molar-refractivity contribution in [3.63, 3.8) is 0 Å². The van der Waals surface area contributed by atoms with Crippen LogP contribution >= 0.6 is 0 Å². The standard InChI is InChI=1S/C26H27FN6O2/c1-14-7-8-15(2)19(11-14)25(34)29-13-17-9-10-18(12-20(17)27)33-23-21(26(35)31-30-24(23)28)22(32-33)16-5-3-4-6-16/h7-12,16H,3-6,13H2,1-2H3,(H2,28,30)(H,29,34)(H,31,35). The van der Waals surface area contributed by atoms with Crippen LogP contribution in [0.15, 0.2) is 41.2 Å². The Morgan fingerprint density at radius 2 is 1.97 bits per heavy atom. The van der Waals surface area contributed by atoms with E-state index in [4.69, 9.17) is 10.8 Å². The molecule has 35 heavy (non-hydrogen) atoms. The van der Waals surface area contributed by atoms with E-state index in [0.717, 1.165) is 36.8 Å². The van der Waals surface area contributed by atoms with Gasteiger partial charge < -0.3 is 11.1 Å². The maximum atomic E-state index is 15.1. The smallest absolute Gasteiger partial charge is 0.275 e. The van der Waals surface area contributed by atoms with E-state index in [1.165, 1.54) is 10.7 Å². The molecule has 1 saturated carbocycles. The highest BCUT2D eigenvalue weighted by Crippen LogP contribution is 2.37. The van der Waals surface area contributed by atoms with Crippen molar-refractivity contribution in [1.82, 2.24) is 25.3 Å². The molecule has 1 amide bonds. The van der Waals surface area contributed by atoms with Crippen molar-refractivity contribution in [2.45, 2.75) is 52.0 Å². The van der Waals surface area contributed by atoms with Crippen LogP contribution in [-0.4, -0.2) is 25.9 Å². The van der Waals surface area contributed by atoms with E-state index in [0.29, 0.717) is 33.4 Å². The van der Waals surface area contributed by atoms with Gasteiger partial charge in [0, 0.05) is 23.6 Å². The summed E-state index contributed by atoms with van der Waals surface area (Å²) in [5.41, 5.74) is 9.99. The molecule has 0 bridgehead atoms. The quantitative estimate of drug-likeness (QED) is 0.403. The number of carbonyl (C=O) groups is 1. The summed E-state index contributed by atoms with van der Waals surface area (Å²) in [6, 6.07) is 10.3. The summed E-state index contributed by atoms with van der Waals surface area (Å²) in [7, 11) is 0. The maximum Gasteiger partial charge on any atom is 0.275 e. The first-order chi connectivity index (χ1) is 16.8. The molecule has 1 aliphatic carbocycles. The van der Waals surface area contributed by atoms with Gasteiger partial charge in [0.2, 0.25) is 0 Å². The van der Waals surface area contributed by atoms with Gasteiger partial charge in [-0.15, -0.1) is 0 Å². The van der Waals surface area contributed by atoms with E-state index in [9.17, 15) is 9.59 Å². The first-order valence-corrected chi connectivity index (χ1v) is 11.7. The third-order valence-corrected chi connectivity index (χ3v) is 6.76. The number of hydrogen-bond acceptors (Lipinski definition) is 5. The number of benzene rings is 2. The van der Waals surface area contributed by atoms with Gasteiger partial charge >= 0.3 is 0 Å². The lowest BCUT2D eigenvalue weighted by molar-refractivity contribution is 0.0950. The van der Waals surface area contributed by atoms with Crippen molar-refractivity contribution in [3.05, 3.63) is 80.5 Å². The lowest BCUT2D eigenvalue weighted by Gasteiger charge is -2.11. The Bertz CT molecular complexity index is 1500. The molecule has 5 rings (SSSR count). The predicted molar refractivity (Wildman–Crippen MR) is 132 cm³/mol. The van der Waals surface area contributed by atoms with Gasteiger partial charge in [0.25, 0.3) is 11.5 Å². The summed E-state index contributed by atoms with van der Waals surface area (Å²) < 4.78 is 16.6. The molecule has 9 heteroatoms. The van der Waals surface area contributed by atoms with Gasteiger partial charge in [-0.2, -0.15) is 10.2 Å². The van der Waals surface area contributed by atoms with Crippen LogP contribution in [0.4, 0.5) is 10.2 Å². The molecular formula is C26H27FN6O2. The fourth-order valence-electron chi connectivity index (χ4n) is 4.85. The van der Waals surface area contributed by atoms with Crippen LogP contribution in [0.2, 0.25) is 0 Å². The van der Waals surface area contributed by atoms with E-state index in [-0.39, 0.29) is 29.7 Å². The number of fused-ring (bicyclic) bond motifs is 1. The summed E-state index contributed by atoms with van der Waals surface area (Å²) in [4.78, 5) is 25.3. The number of aryl methyl sites for hydroxylation is 2. The highest BCUT2D eigenvalue weighted by atomic mass is 19.1. The van der Waals surface area contributed by atoms with Crippen LogP contribution in [-0.2, 0) is 6.54 Å². The topological polar surface area (TPSA) is 119 Å². The number of nitrogen functional groups attached to an aromatic ring is 1. The molecule has 1 aliphatic rings. The Morgan fingerprint density at radius 1 is 1.20 bits per heavy atom. The van der Waals surface area contributed by atoms with E-state index < -0.39 is 5.82 Å². The second kappa shape index (κ2) is 8.98. The number of nitrogens with one attached hydrogen (secondary N) is 2. The Morgan fingerprint density at radius 3 is 2.71 bits per heavy atom. The lowest BCUT2D eigenvalue weighted by Crippen LogP contribution is -2.24. The van der Waals surface area contributed by atoms with Crippen molar-refractivity contribution < 1.29 is 9.18 Å². The first kappa shape index (κ1) is 22.8. The van der Waals surface area contributed by atoms with Crippen LogP contribution in [0.1, 0.15) is 64.3 Å². The number of rotatable bonds is 5. The number of aromatic nitrogens is 4. The molecule has 0 radical (unpaired) electrons. The number of amides is 1. The maximum absolute atomic E-state index is 15.1. The van der Waals surface area contributed by atoms with E-state index in [1.54, 1.807) is 12.1 Å². The molecule has 0 unspecified atom stereocenters.